The lowest BCUT2D eigenvalue weighted by atomic mass is 9.96. The number of nitrogens with two attached hydrogens (primary N) is 2. The smallest absolute Gasteiger partial charge is 0.0482 e. The molecule has 12 heavy (non-hydrogen) atoms. The molecule has 0 fully saturated rings. The first kappa shape index (κ1) is 7.71. The van der Waals surface area contributed by atoms with Crippen LogP contribution in [0.4, 0.5) is 0 Å². The van der Waals surface area contributed by atoms with E-state index in [4.69, 9.17) is 11.5 Å². The molecule has 1 aromatic rings. The quantitative estimate of drug-likeness (QED) is 0.580. The van der Waals surface area contributed by atoms with Gasteiger partial charge in [-0.25, -0.2) is 0 Å². The van der Waals surface area contributed by atoms with Crippen LogP contribution in [-0.2, 0) is 6.42 Å². The Balaban J connectivity index is 2.49. The maximum absolute atomic E-state index is 6.02. The Morgan fingerprint density at radius 2 is 2.42 bits per heavy atom. The van der Waals surface area contributed by atoms with Crippen LogP contribution < -0.4 is 11.5 Å². The van der Waals surface area contributed by atoms with E-state index in [-0.39, 0.29) is 11.6 Å². The normalized spacial score (nSPS) is 33.4. The molecular formula is C9H13N3. The molecule has 3 nitrogen and oxygen atoms in total. The monoisotopic (exact) mass is 163 g/mol. The third-order valence-electron chi connectivity index (χ3n) is 2.56. The van der Waals surface area contributed by atoms with Gasteiger partial charge in [0.15, 0.2) is 0 Å². The number of aromatic nitrogens is 1. The summed E-state index contributed by atoms with van der Waals surface area (Å²) in [6.07, 6.45) is 4.45. The van der Waals surface area contributed by atoms with Gasteiger partial charge in [0.05, 0.1) is 0 Å². The van der Waals surface area contributed by atoms with Crippen molar-refractivity contribution in [1.82, 2.24) is 4.98 Å². The zero-order valence-corrected chi connectivity index (χ0v) is 7.12. The summed E-state index contributed by atoms with van der Waals surface area (Å²) in [6, 6.07) is 1.91. The molecule has 0 bridgehead atoms. The summed E-state index contributed by atoms with van der Waals surface area (Å²) in [4.78, 5) is 4.05. The first-order valence-electron chi connectivity index (χ1n) is 4.08. The maximum Gasteiger partial charge on any atom is 0.0482 e. The fourth-order valence-corrected chi connectivity index (χ4v) is 1.76. The molecule has 3 heteroatoms. The summed E-state index contributed by atoms with van der Waals surface area (Å²) in [5.41, 5.74) is 14.0. The molecule has 1 unspecified atom stereocenters. The molecule has 0 aliphatic heterocycles. The Kier molecular flexibility index (Phi) is 1.46. The van der Waals surface area contributed by atoms with E-state index >= 15 is 0 Å². The van der Waals surface area contributed by atoms with Crippen LogP contribution in [0.25, 0.3) is 0 Å². The van der Waals surface area contributed by atoms with Crippen LogP contribution in [0.2, 0.25) is 0 Å². The van der Waals surface area contributed by atoms with Crippen LogP contribution in [0.15, 0.2) is 18.5 Å². The number of rotatable bonds is 0. The van der Waals surface area contributed by atoms with Crippen molar-refractivity contribution in [1.29, 1.82) is 0 Å². The van der Waals surface area contributed by atoms with E-state index in [0.29, 0.717) is 0 Å². The largest absolute Gasteiger partial charge is 0.323 e. The second kappa shape index (κ2) is 2.28. The van der Waals surface area contributed by atoms with E-state index in [1.165, 1.54) is 5.56 Å². The van der Waals surface area contributed by atoms with Gasteiger partial charge >= 0.3 is 0 Å². The van der Waals surface area contributed by atoms with Gasteiger partial charge in [0.25, 0.3) is 0 Å². The molecule has 64 valence electrons. The van der Waals surface area contributed by atoms with Crippen molar-refractivity contribution in [2.24, 2.45) is 11.5 Å². The van der Waals surface area contributed by atoms with Gasteiger partial charge in [-0.05, 0) is 30.5 Å². The highest BCUT2D eigenvalue weighted by atomic mass is 14.9. The molecule has 1 aliphatic rings. The number of pyridine rings is 1. The molecule has 2 rings (SSSR count). The van der Waals surface area contributed by atoms with Crippen molar-refractivity contribution in [3.05, 3.63) is 29.6 Å². The summed E-state index contributed by atoms with van der Waals surface area (Å²) in [5, 5.41) is 0. The third kappa shape index (κ3) is 0.940. The number of fused-ring (bicyclic) bond motifs is 1. The van der Waals surface area contributed by atoms with Gasteiger partial charge in [-0.1, -0.05) is 0 Å². The summed E-state index contributed by atoms with van der Waals surface area (Å²) in [7, 11) is 0. The minimum atomic E-state index is -0.300. The Morgan fingerprint density at radius 1 is 1.67 bits per heavy atom. The van der Waals surface area contributed by atoms with Gasteiger partial charge in [-0.3, -0.25) is 4.98 Å². The van der Waals surface area contributed by atoms with E-state index in [1.54, 1.807) is 6.20 Å². The van der Waals surface area contributed by atoms with Crippen LogP contribution in [0.5, 0.6) is 0 Å². The minimum Gasteiger partial charge on any atom is -0.323 e. The Labute approximate surface area is 71.8 Å². The van der Waals surface area contributed by atoms with Crippen molar-refractivity contribution in [3.8, 4) is 0 Å². The molecule has 0 saturated heterocycles. The Bertz CT molecular complexity index is 306. The molecule has 0 saturated carbocycles. The highest BCUT2D eigenvalue weighted by Gasteiger charge is 2.36. The van der Waals surface area contributed by atoms with E-state index in [9.17, 15) is 0 Å². The molecule has 2 atom stereocenters. The lowest BCUT2D eigenvalue weighted by molar-refractivity contribution is 0.415. The van der Waals surface area contributed by atoms with Gasteiger partial charge in [-0.15, -0.1) is 0 Å². The molecular weight excluding hydrogens is 150 g/mol. The van der Waals surface area contributed by atoms with Crippen LogP contribution in [0.3, 0.4) is 0 Å². The summed E-state index contributed by atoms with van der Waals surface area (Å²) < 4.78 is 0. The van der Waals surface area contributed by atoms with Gasteiger partial charge in [0, 0.05) is 24.0 Å². The van der Waals surface area contributed by atoms with Crippen LogP contribution in [-0.4, -0.2) is 10.5 Å². The fourth-order valence-electron chi connectivity index (χ4n) is 1.76. The standard InChI is InChI=1S/C9H13N3/c1-9(11)4-6-5-12-3-2-7(6)8(9)10/h2-3,5,8H,4,10-11H2,1H3/t8-,9?/m1/s1. The van der Waals surface area contributed by atoms with Crippen molar-refractivity contribution in [3.63, 3.8) is 0 Å². The molecule has 0 aromatic carbocycles. The van der Waals surface area contributed by atoms with Crippen molar-refractivity contribution in [2.45, 2.75) is 24.9 Å². The second-order valence-electron chi connectivity index (χ2n) is 3.73. The number of nitrogens with zero attached hydrogens (tertiary/aromatic N) is 1. The molecule has 1 heterocycles. The Hall–Kier alpha value is -0.930. The first-order valence-corrected chi connectivity index (χ1v) is 4.08. The summed E-state index contributed by atoms with van der Waals surface area (Å²) in [5.74, 6) is 0. The average Bonchev–Trinajstić information content (AvgIpc) is 2.24. The van der Waals surface area contributed by atoms with Gasteiger partial charge in [0.1, 0.15) is 0 Å². The lowest BCUT2D eigenvalue weighted by Gasteiger charge is -2.23. The van der Waals surface area contributed by atoms with Gasteiger partial charge < -0.3 is 11.5 Å². The number of hydrogen-bond acceptors (Lipinski definition) is 3. The zero-order chi connectivity index (χ0) is 8.77. The van der Waals surface area contributed by atoms with Crippen molar-refractivity contribution in [2.75, 3.05) is 0 Å². The SMILES string of the molecule is CC1(N)Cc2cnccc2[C@H]1N. The summed E-state index contributed by atoms with van der Waals surface area (Å²) in [6.45, 7) is 1.98. The van der Waals surface area contributed by atoms with Crippen molar-refractivity contribution < 1.29 is 0 Å². The summed E-state index contributed by atoms with van der Waals surface area (Å²) >= 11 is 0. The van der Waals surface area contributed by atoms with Crippen LogP contribution in [0.1, 0.15) is 24.1 Å². The third-order valence-corrected chi connectivity index (χ3v) is 2.56. The van der Waals surface area contributed by atoms with Gasteiger partial charge in [0.2, 0.25) is 0 Å². The van der Waals surface area contributed by atoms with E-state index in [1.807, 2.05) is 19.2 Å². The van der Waals surface area contributed by atoms with E-state index in [2.05, 4.69) is 4.98 Å². The molecule has 0 radical (unpaired) electrons. The zero-order valence-electron chi connectivity index (χ0n) is 7.12. The highest BCUT2D eigenvalue weighted by molar-refractivity contribution is 5.36. The first-order chi connectivity index (χ1) is 5.61. The maximum atomic E-state index is 6.02. The van der Waals surface area contributed by atoms with E-state index in [0.717, 1.165) is 12.0 Å². The molecule has 4 N–H and O–H groups in total. The van der Waals surface area contributed by atoms with Gasteiger partial charge in [-0.2, -0.15) is 0 Å². The predicted octanol–water partition coefficient (Wildman–Crippen LogP) is 0.355. The van der Waals surface area contributed by atoms with Crippen LogP contribution >= 0.6 is 0 Å². The molecule has 1 aromatic heterocycles. The number of hydrogen-bond donors (Lipinski definition) is 2. The minimum absolute atomic E-state index is 0.0458. The predicted molar refractivity (Wildman–Crippen MR) is 47.5 cm³/mol. The fraction of sp³-hybridized carbons (Fsp3) is 0.444. The van der Waals surface area contributed by atoms with Crippen LogP contribution in [0, 0.1) is 0 Å². The molecule has 0 spiro atoms. The molecule has 0 amide bonds. The van der Waals surface area contributed by atoms with E-state index < -0.39 is 0 Å². The topological polar surface area (TPSA) is 64.9 Å². The second-order valence-corrected chi connectivity index (χ2v) is 3.73. The molecule has 1 aliphatic carbocycles. The average molecular weight is 163 g/mol. The lowest BCUT2D eigenvalue weighted by Crippen LogP contribution is -2.44. The highest BCUT2D eigenvalue weighted by Crippen LogP contribution is 2.34. The van der Waals surface area contributed by atoms with Crippen molar-refractivity contribution >= 4 is 0 Å². The Morgan fingerprint density at radius 3 is 3.08 bits per heavy atom.